The van der Waals surface area contributed by atoms with Gasteiger partial charge in [-0.25, -0.2) is 13.1 Å². The number of benzene rings is 1. The molecule has 5 heteroatoms. The minimum Gasteiger partial charge on any atom is -0.324 e. The van der Waals surface area contributed by atoms with Crippen LogP contribution < -0.4 is 10.5 Å². The largest absolute Gasteiger partial charge is 0.324 e. The number of hydrogen-bond acceptors (Lipinski definition) is 3. The summed E-state index contributed by atoms with van der Waals surface area (Å²) in [4.78, 5) is 0.320. The van der Waals surface area contributed by atoms with Crippen molar-refractivity contribution in [2.24, 2.45) is 11.7 Å². The van der Waals surface area contributed by atoms with Crippen LogP contribution in [-0.4, -0.2) is 14.5 Å². The van der Waals surface area contributed by atoms with Crippen molar-refractivity contribution >= 4 is 10.0 Å². The lowest BCUT2D eigenvalue weighted by Gasteiger charge is -2.27. The molecule has 0 bridgehead atoms. The average Bonchev–Trinajstić information content (AvgIpc) is 2.38. The van der Waals surface area contributed by atoms with Gasteiger partial charge < -0.3 is 5.73 Å². The Morgan fingerprint density at radius 2 is 1.90 bits per heavy atom. The zero-order valence-electron chi connectivity index (χ0n) is 12.2. The van der Waals surface area contributed by atoms with Crippen LogP contribution in [0.3, 0.4) is 0 Å². The van der Waals surface area contributed by atoms with E-state index in [0.717, 1.165) is 24.8 Å². The molecule has 0 aromatic heterocycles. The van der Waals surface area contributed by atoms with Gasteiger partial charge in [0.15, 0.2) is 0 Å². The van der Waals surface area contributed by atoms with Crippen molar-refractivity contribution in [1.29, 1.82) is 0 Å². The van der Waals surface area contributed by atoms with Crippen LogP contribution >= 0.6 is 0 Å². The molecule has 0 saturated heterocycles. The average molecular weight is 296 g/mol. The highest BCUT2D eigenvalue weighted by atomic mass is 32.2. The van der Waals surface area contributed by atoms with Crippen molar-refractivity contribution in [2.45, 2.75) is 56.5 Å². The summed E-state index contributed by atoms with van der Waals surface area (Å²) in [6, 6.07) is 6.81. The summed E-state index contributed by atoms with van der Waals surface area (Å²) in [7, 11) is -3.42. The number of sulfonamides is 1. The summed E-state index contributed by atoms with van der Waals surface area (Å²) >= 11 is 0. The predicted octanol–water partition coefficient (Wildman–Crippen LogP) is 2.56. The predicted molar refractivity (Wildman–Crippen MR) is 80.8 cm³/mol. The first-order valence-corrected chi connectivity index (χ1v) is 8.74. The number of rotatable bonds is 4. The topological polar surface area (TPSA) is 72.2 Å². The van der Waals surface area contributed by atoms with Gasteiger partial charge in [0.2, 0.25) is 10.0 Å². The van der Waals surface area contributed by atoms with Crippen LogP contribution in [0, 0.1) is 5.92 Å². The van der Waals surface area contributed by atoms with Crippen LogP contribution in [0.15, 0.2) is 29.2 Å². The molecule has 3 unspecified atom stereocenters. The molecule has 1 fully saturated rings. The zero-order valence-corrected chi connectivity index (χ0v) is 13.0. The van der Waals surface area contributed by atoms with E-state index in [2.05, 4.69) is 11.6 Å². The summed E-state index contributed by atoms with van der Waals surface area (Å²) in [6.45, 7) is 4.06. The van der Waals surface area contributed by atoms with Gasteiger partial charge in [-0.05, 0) is 43.4 Å². The highest BCUT2D eigenvalue weighted by molar-refractivity contribution is 7.89. The van der Waals surface area contributed by atoms with Gasteiger partial charge in [0.05, 0.1) is 4.90 Å². The van der Waals surface area contributed by atoms with Gasteiger partial charge in [0.25, 0.3) is 0 Å². The van der Waals surface area contributed by atoms with Gasteiger partial charge in [0, 0.05) is 12.1 Å². The smallest absolute Gasteiger partial charge is 0.240 e. The van der Waals surface area contributed by atoms with E-state index in [0.29, 0.717) is 10.8 Å². The lowest BCUT2D eigenvalue weighted by molar-refractivity contribution is 0.327. The quantitative estimate of drug-likeness (QED) is 0.897. The van der Waals surface area contributed by atoms with Crippen molar-refractivity contribution in [1.82, 2.24) is 4.72 Å². The molecule has 1 aliphatic rings. The summed E-state index contributed by atoms with van der Waals surface area (Å²) in [6.07, 6.45) is 4.15. The molecule has 2 rings (SSSR count). The molecule has 3 atom stereocenters. The van der Waals surface area contributed by atoms with E-state index in [1.54, 1.807) is 24.3 Å². The van der Waals surface area contributed by atoms with Crippen molar-refractivity contribution < 1.29 is 8.42 Å². The molecule has 0 spiro atoms. The fraction of sp³-hybridized carbons (Fsp3) is 0.600. The molecule has 112 valence electrons. The summed E-state index contributed by atoms with van der Waals surface area (Å²) < 4.78 is 27.5. The normalized spacial score (nSPS) is 25.4. The summed E-state index contributed by atoms with van der Waals surface area (Å²) in [5.74, 6) is 0.594. The lowest BCUT2D eigenvalue weighted by Crippen LogP contribution is -2.37. The molecule has 1 aromatic rings. The van der Waals surface area contributed by atoms with Gasteiger partial charge in [-0.3, -0.25) is 0 Å². The van der Waals surface area contributed by atoms with Gasteiger partial charge in [-0.1, -0.05) is 31.9 Å². The highest BCUT2D eigenvalue weighted by Gasteiger charge is 2.24. The first-order chi connectivity index (χ1) is 9.38. The van der Waals surface area contributed by atoms with E-state index in [-0.39, 0.29) is 12.1 Å². The second-order valence-corrected chi connectivity index (χ2v) is 7.66. The summed E-state index contributed by atoms with van der Waals surface area (Å²) in [5, 5.41) is 0. The molecule has 0 heterocycles. The molecular formula is C15H24N2O2S. The SMILES string of the molecule is CC1CCCC(NS(=O)(=O)c2ccc(C(C)N)cc2)C1. The molecule has 0 amide bonds. The summed E-state index contributed by atoms with van der Waals surface area (Å²) in [5.41, 5.74) is 6.71. The Hall–Kier alpha value is -0.910. The fourth-order valence-electron chi connectivity index (χ4n) is 2.78. The van der Waals surface area contributed by atoms with Crippen molar-refractivity contribution in [3.8, 4) is 0 Å². The third-order valence-electron chi connectivity index (χ3n) is 3.97. The van der Waals surface area contributed by atoms with Gasteiger partial charge in [-0.15, -0.1) is 0 Å². The van der Waals surface area contributed by atoms with Gasteiger partial charge >= 0.3 is 0 Å². The van der Waals surface area contributed by atoms with E-state index < -0.39 is 10.0 Å². The third kappa shape index (κ3) is 3.81. The van der Waals surface area contributed by atoms with Crippen molar-refractivity contribution in [2.75, 3.05) is 0 Å². The minimum absolute atomic E-state index is 0.0665. The van der Waals surface area contributed by atoms with E-state index >= 15 is 0 Å². The molecule has 1 saturated carbocycles. The monoisotopic (exact) mass is 296 g/mol. The molecule has 20 heavy (non-hydrogen) atoms. The lowest BCUT2D eigenvalue weighted by atomic mass is 9.88. The van der Waals surface area contributed by atoms with Crippen LogP contribution in [0.25, 0.3) is 0 Å². The number of hydrogen-bond donors (Lipinski definition) is 2. The van der Waals surface area contributed by atoms with Gasteiger partial charge in [0.1, 0.15) is 0 Å². The Balaban J connectivity index is 2.09. The van der Waals surface area contributed by atoms with Crippen LogP contribution in [0.2, 0.25) is 0 Å². The molecule has 0 aliphatic heterocycles. The minimum atomic E-state index is -3.42. The maximum atomic E-state index is 12.3. The molecule has 1 aromatic carbocycles. The Kier molecular flexibility index (Phi) is 4.83. The molecular weight excluding hydrogens is 272 g/mol. The first kappa shape index (κ1) is 15.5. The van der Waals surface area contributed by atoms with Crippen LogP contribution in [0.5, 0.6) is 0 Å². The highest BCUT2D eigenvalue weighted by Crippen LogP contribution is 2.25. The zero-order chi connectivity index (χ0) is 14.8. The molecule has 4 nitrogen and oxygen atoms in total. The maximum absolute atomic E-state index is 12.3. The van der Waals surface area contributed by atoms with Crippen molar-refractivity contribution in [3.63, 3.8) is 0 Å². The standard InChI is InChI=1S/C15H24N2O2S/c1-11-4-3-5-14(10-11)17-20(18,19)15-8-6-13(7-9-15)12(2)16/h6-9,11-12,14,17H,3-5,10,16H2,1-2H3. The van der Waals surface area contributed by atoms with Crippen LogP contribution in [0.1, 0.15) is 51.1 Å². The maximum Gasteiger partial charge on any atom is 0.240 e. The Labute approximate surface area is 121 Å². The third-order valence-corrected chi connectivity index (χ3v) is 5.51. The van der Waals surface area contributed by atoms with Crippen molar-refractivity contribution in [3.05, 3.63) is 29.8 Å². The molecule has 0 radical (unpaired) electrons. The first-order valence-electron chi connectivity index (χ1n) is 7.26. The number of nitrogens with two attached hydrogens (primary N) is 1. The molecule has 3 N–H and O–H groups in total. The fourth-order valence-corrected chi connectivity index (χ4v) is 4.06. The van der Waals surface area contributed by atoms with E-state index in [4.69, 9.17) is 5.73 Å². The van der Waals surface area contributed by atoms with Gasteiger partial charge in [-0.2, -0.15) is 0 Å². The number of nitrogens with one attached hydrogen (secondary N) is 1. The Morgan fingerprint density at radius 3 is 2.45 bits per heavy atom. The molecule has 1 aliphatic carbocycles. The van der Waals surface area contributed by atoms with Crippen LogP contribution in [0.4, 0.5) is 0 Å². The van der Waals surface area contributed by atoms with Crippen LogP contribution in [-0.2, 0) is 10.0 Å². The second kappa shape index (κ2) is 6.24. The second-order valence-electron chi connectivity index (χ2n) is 5.95. The van der Waals surface area contributed by atoms with E-state index in [9.17, 15) is 8.42 Å². The van der Waals surface area contributed by atoms with E-state index in [1.807, 2.05) is 6.92 Å². The van der Waals surface area contributed by atoms with E-state index in [1.165, 1.54) is 6.42 Å². The Bertz CT molecular complexity index is 537. The Morgan fingerprint density at radius 1 is 1.25 bits per heavy atom.